The van der Waals surface area contributed by atoms with Gasteiger partial charge in [0, 0.05) is 10.6 Å². The molecule has 5 heteroatoms. The number of rotatable bonds is 3. The number of carbonyl (C=O) groups is 1. The van der Waals surface area contributed by atoms with Gasteiger partial charge in [0.1, 0.15) is 0 Å². The molecule has 0 N–H and O–H groups in total. The van der Waals surface area contributed by atoms with Gasteiger partial charge in [-0.15, -0.1) is 0 Å². The fraction of sp³-hybridized carbons (Fsp3) is 0.0625. The molecule has 0 spiro atoms. The Morgan fingerprint density at radius 1 is 1.05 bits per heavy atom. The smallest absolute Gasteiger partial charge is 0.289 e. The highest BCUT2D eigenvalue weighted by molar-refractivity contribution is 6.30. The lowest BCUT2D eigenvalue weighted by Gasteiger charge is -2.07. The predicted octanol–water partition coefficient (Wildman–Crippen LogP) is 5.25. The minimum atomic E-state index is -4.46. The molecule has 0 aliphatic rings. The SMILES string of the molecule is O=C(C=Cc1ccc(Cl)cc1)c1cccc(C(F)(F)F)c1. The Hall–Kier alpha value is -2.07. The van der Waals surface area contributed by atoms with Crippen molar-refractivity contribution in [3.05, 3.63) is 76.3 Å². The highest BCUT2D eigenvalue weighted by atomic mass is 35.5. The first-order valence-electron chi connectivity index (χ1n) is 6.01. The standard InChI is InChI=1S/C16H10ClF3O/c17-14-7-4-11(5-8-14)6-9-15(21)12-2-1-3-13(10-12)16(18,19)20/h1-10H. The van der Waals surface area contributed by atoms with Crippen molar-refractivity contribution in [3.8, 4) is 0 Å². The third-order valence-corrected chi connectivity index (χ3v) is 3.02. The normalized spacial score (nSPS) is 11.8. The van der Waals surface area contributed by atoms with Gasteiger partial charge in [0.25, 0.3) is 0 Å². The van der Waals surface area contributed by atoms with E-state index in [0.717, 1.165) is 17.7 Å². The van der Waals surface area contributed by atoms with Crippen LogP contribution in [0.3, 0.4) is 0 Å². The number of allylic oxidation sites excluding steroid dienone is 1. The van der Waals surface area contributed by atoms with Crippen LogP contribution in [0, 0.1) is 0 Å². The molecule has 21 heavy (non-hydrogen) atoms. The summed E-state index contributed by atoms with van der Waals surface area (Å²) in [5, 5.41) is 0.566. The minimum Gasteiger partial charge on any atom is -0.289 e. The second-order valence-corrected chi connectivity index (χ2v) is 4.76. The maximum Gasteiger partial charge on any atom is 0.416 e. The van der Waals surface area contributed by atoms with Crippen LogP contribution in [0.2, 0.25) is 5.02 Å². The van der Waals surface area contributed by atoms with Gasteiger partial charge in [0.2, 0.25) is 0 Å². The molecule has 0 saturated carbocycles. The van der Waals surface area contributed by atoms with Crippen molar-refractivity contribution in [1.82, 2.24) is 0 Å². The van der Waals surface area contributed by atoms with Crippen LogP contribution in [0.15, 0.2) is 54.6 Å². The summed E-state index contributed by atoms with van der Waals surface area (Å²) < 4.78 is 37.7. The summed E-state index contributed by atoms with van der Waals surface area (Å²) in [5.74, 6) is -0.490. The van der Waals surface area contributed by atoms with Crippen LogP contribution in [-0.4, -0.2) is 5.78 Å². The van der Waals surface area contributed by atoms with Crippen molar-refractivity contribution in [3.63, 3.8) is 0 Å². The Morgan fingerprint density at radius 3 is 2.33 bits per heavy atom. The van der Waals surface area contributed by atoms with E-state index < -0.39 is 17.5 Å². The Morgan fingerprint density at radius 2 is 1.71 bits per heavy atom. The number of alkyl halides is 3. The molecule has 0 unspecified atom stereocenters. The first-order valence-corrected chi connectivity index (χ1v) is 6.39. The Labute approximate surface area is 124 Å². The van der Waals surface area contributed by atoms with Crippen LogP contribution < -0.4 is 0 Å². The summed E-state index contributed by atoms with van der Waals surface area (Å²) in [4.78, 5) is 11.9. The van der Waals surface area contributed by atoms with Gasteiger partial charge in [-0.1, -0.05) is 41.9 Å². The third kappa shape index (κ3) is 4.20. The zero-order valence-electron chi connectivity index (χ0n) is 10.7. The molecule has 0 atom stereocenters. The van der Waals surface area contributed by atoms with Gasteiger partial charge in [-0.2, -0.15) is 13.2 Å². The maximum absolute atomic E-state index is 12.6. The zero-order chi connectivity index (χ0) is 15.5. The molecular weight excluding hydrogens is 301 g/mol. The first-order chi connectivity index (χ1) is 9.86. The van der Waals surface area contributed by atoms with Crippen LogP contribution in [0.4, 0.5) is 13.2 Å². The molecule has 0 aliphatic carbocycles. The number of carbonyl (C=O) groups excluding carboxylic acids is 1. The average molecular weight is 311 g/mol. The van der Waals surface area contributed by atoms with Crippen LogP contribution in [0.1, 0.15) is 21.5 Å². The van der Waals surface area contributed by atoms with Crippen molar-refractivity contribution in [2.24, 2.45) is 0 Å². The Balaban J connectivity index is 2.19. The van der Waals surface area contributed by atoms with E-state index in [1.807, 2.05) is 0 Å². The molecule has 0 amide bonds. The Kier molecular flexibility index (Phi) is 4.48. The molecule has 2 rings (SSSR count). The van der Waals surface area contributed by atoms with Gasteiger partial charge < -0.3 is 0 Å². The predicted molar refractivity (Wildman–Crippen MR) is 76.3 cm³/mol. The molecule has 2 aromatic rings. The molecule has 1 nitrogen and oxygen atoms in total. The number of ketones is 1. The third-order valence-electron chi connectivity index (χ3n) is 2.77. The lowest BCUT2D eigenvalue weighted by Crippen LogP contribution is -2.06. The van der Waals surface area contributed by atoms with Crippen molar-refractivity contribution in [1.29, 1.82) is 0 Å². The maximum atomic E-state index is 12.6. The summed E-state index contributed by atoms with van der Waals surface area (Å²) in [6.45, 7) is 0. The van der Waals surface area contributed by atoms with Crippen LogP contribution in [0.25, 0.3) is 6.08 Å². The average Bonchev–Trinajstić information content (AvgIpc) is 2.45. The van der Waals surface area contributed by atoms with Crippen LogP contribution >= 0.6 is 11.6 Å². The lowest BCUT2D eigenvalue weighted by molar-refractivity contribution is -0.137. The fourth-order valence-electron chi connectivity index (χ4n) is 1.69. The van der Waals surface area contributed by atoms with Gasteiger partial charge in [0.15, 0.2) is 5.78 Å². The molecule has 0 bridgehead atoms. The molecule has 2 aromatic carbocycles. The largest absolute Gasteiger partial charge is 0.416 e. The first kappa shape index (κ1) is 15.3. The van der Waals surface area contributed by atoms with Crippen molar-refractivity contribution in [2.45, 2.75) is 6.18 Å². The number of hydrogen-bond donors (Lipinski definition) is 0. The molecule has 0 radical (unpaired) electrons. The highest BCUT2D eigenvalue weighted by Crippen LogP contribution is 2.29. The number of halogens is 4. The highest BCUT2D eigenvalue weighted by Gasteiger charge is 2.30. The molecule has 0 aliphatic heterocycles. The quantitative estimate of drug-likeness (QED) is 0.558. The molecule has 108 valence electrons. The number of benzene rings is 2. The molecule has 0 fully saturated rings. The molecule has 0 heterocycles. The second kappa shape index (κ2) is 6.14. The molecule has 0 aromatic heterocycles. The monoisotopic (exact) mass is 310 g/mol. The van der Waals surface area contributed by atoms with Crippen LogP contribution in [0.5, 0.6) is 0 Å². The summed E-state index contributed by atoms with van der Waals surface area (Å²) in [7, 11) is 0. The van der Waals surface area contributed by atoms with Gasteiger partial charge in [-0.05, 0) is 35.9 Å². The van der Waals surface area contributed by atoms with Crippen molar-refractivity contribution in [2.75, 3.05) is 0 Å². The summed E-state index contributed by atoms with van der Waals surface area (Å²) in [6, 6.07) is 11.1. The van der Waals surface area contributed by atoms with E-state index in [1.165, 1.54) is 24.3 Å². The van der Waals surface area contributed by atoms with Crippen molar-refractivity contribution >= 4 is 23.5 Å². The number of hydrogen-bond acceptors (Lipinski definition) is 1. The van der Waals surface area contributed by atoms with Gasteiger partial charge >= 0.3 is 6.18 Å². The Bertz CT molecular complexity index is 673. The molecule has 0 saturated heterocycles. The van der Waals surface area contributed by atoms with Crippen molar-refractivity contribution < 1.29 is 18.0 Å². The van der Waals surface area contributed by atoms with E-state index in [9.17, 15) is 18.0 Å². The summed E-state index contributed by atoms with van der Waals surface area (Å²) >= 11 is 5.73. The minimum absolute atomic E-state index is 0.00459. The van der Waals surface area contributed by atoms with Gasteiger partial charge in [0.05, 0.1) is 5.56 Å². The second-order valence-electron chi connectivity index (χ2n) is 4.33. The van der Waals surface area contributed by atoms with E-state index in [1.54, 1.807) is 24.3 Å². The zero-order valence-corrected chi connectivity index (χ0v) is 11.4. The summed E-state index contributed by atoms with van der Waals surface area (Å²) in [6.07, 6.45) is -1.70. The topological polar surface area (TPSA) is 17.1 Å². The van der Waals surface area contributed by atoms with E-state index in [-0.39, 0.29) is 5.56 Å². The molecular formula is C16H10ClF3O. The fourth-order valence-corrected chi connectivity index (χ4v) is 1.82. The van der Waals surface area contributed by atoms with Crippen LogP contribution in [-0.2, 0) is 6.18 Å². The van der Waals surface area contributed by atoms with E-state index in [2.05, 4.69) is 0 Å². The lowest BCUT2D eigenvalue weighted by atomic mass is 10.1. The summed E-state index contributed by atoms with van der Waals surface area (Å²) in [5.41, 5.74) is -0.108. The van der Waals surface area contributed by atoms with E-state index in [4.69, 9.17) is 11.6 Å². The van der Waals surface area contributed by atoms with Gasteiger partial charge in [-0.3, -0.25) is 4.79 Å². The van der Waals surface area contributed by atoms with E-state index >= 15 is 0 Å². The van der Waals surface area contributed by atoms with E-state index in [0.29, 0.717) is 5.02 Å². The van der Waals surface area contributed by atoms with Gasteiger partial charge in [-0.25, -0.2) is 0 Å².